The number of ether oxygens (including phenoxy) is 1. The van der Waals surface area contributed by atoms with Gasteiger partial charge in [-0.2, -0.15) is 0 Å². The fourth-order valence-corrected chi connectivity index (χ4v) is 3.16. The van der Waals surface area contributed by atoms with Crippen molar-refractivity contribution in [3.8, 4) is 5.75 Å². The molecule has 6 nitrogen and oxygen atoms in total. The predicted molar refractivity (Wildman–Crippen MR) is 120 cm³/mol. The molecule has 0 radical (unpaired) electrons. The number of para-hydroxylation sites is 1. The van der Waals surface area contributed by atoms with Crippen molar-refractivity contribution < 1.29 is 18.7 Å². The second-order valence-electron chi connectivity index (χ2n) is 7.75. The summed E-state index contributed by atoms with van der Waals surface area (Å²) in [7, 11) is 0. The maximum absolute atomic E-state index is 12.8. The number of furan rings is 1. The molecule has 1 atom stereocenters. The molecule has 6 heteroatoms. The third-order valence-electron chi connectivity index (χ3n) is 4.90. The molecule has 0 fully saturated rings. The second kappa shape index (κ2) is 9.98. The first-order chi connectivity index (χ1) is 14.8. The zero-order valence-electron chi connectivity index (χ0n) is 18.3. The summed E-state index contributed by atoms with van der Waals surface area (Å²) < 4.78 is 11.2. The monoisotopic (exact) mass is 420 g/mol. The summed E-state index contributed by atoms with van der Waals surface area (Å²) in [6.07, 6.45) is 0.814. The molecular weight excluding hydrogens is 392 g/mol. The summed E-state index contributed by atoms with van der Waals surface area (Å²) in [6.45, 7) is 8.11. The van der Waals surface area contributed by atoms with Crippen LogP contribution in [0.15, 0.2) is 65.3 Å². The SMILES string of the molecule is Cc1ccc(C(C)C)c(OC(C)C(=O)Nc2ccccc2C(=O)NCc2ccco2)c1. The van der Waals surface area contributed by atoms with E-state index in [0.29, 0.717) is 22.8 Å². The summed E-state index contributed by atoms with van der Waals surface area (Å²) >= 11 is 0. The van der Waals surface area contributed by atoms with Crippen molar-refractivity contribution >= 4 is 17.5 Å². The Hall–Kier alpha value is -3.54. The van der Waals surface area contributed by atoms with Crippen molar-refractivity contribution in [1.29, 1.82) is 0 Å². The molecule has 0 aliphatic carbocycles. The van der Waals surface area contributed by atoms with Gasteiger partial charge in [0.15, 0.2) is 6.10 Å². The molecule has 3 aromatic rings. The van der Waals surface area contributed by atoms with Gasteiger partial charge in [0.2, 0.25) is 0 Å². The summed E-state index contributed by atoms with van der Waals surface area (Å²) in [4.78, 5) is 25.4. The van der Waals surface area contributed by atoms with Gasteiger partial charge in [-0.25, -0.2) is 0 Å². The number of nitrogens with one attached hydrogen (secondary N) is 2. The van der Waals surface area contributed by atoms with Crippen LogP contribution in [0.25, 0.3) is 0 Å². The third-order valence-corrected chi connectivity index (χ3v) is 4.90. The van der Waals surface area contributed by atoms with E-state index < -0.39 is 6.10 Å². The Kier molecular flexibility index (Phi) is 7.13. The predicted octanol–water partition coefficient (Wildman–Crippen LogP) is 5.05. The Labute approximate surface area is 182 Å². The number of carbonyl (C=O) groups excluding carboxylic acids is 2. The van der Waals surface area contributed by atoms with E-state index >= 15 is 0 Å². The van der Waals surface area contributed by atoms with Gasteiger partial charge in [-0.3, -0.25) is 9.59 Å². The van der Waals surface area contributed by atoms with E-state index in [1.807, 2.05) is 25.1 Å². The first kappa shape index (κ1) is 22.2. The average molecular weight is 421 g/mol. The van der Waals surface area contributed by atoms with Crippen LogP contribution in [0.4, 0.5) is 5.69 Å². The van der Waals surface area contributed by atoms with Crippen LogP contribution in [-0.4, -0.2) is 17.9 Å². The molecule has 1 heterocycles. The van der Waals surface area contributed by atoms with E-state index in [2.05, 4.69) is 24.5 Å². The highest BCUT2D eigenvalue weighted by Gasteiger charge is 2.20. The zero-order chi connectivity index (χ0) is 22.4. The standard InChI is InChI=1S/C25H28N2O4/c1-16(2)20-12-11-17(3)14-23(20)31-18(4)24(28)27-22-10-6-5-9-21(22)25(29)26-15-19-8-7-13-30-19/h5-14,16,18H,15H2,1-4H3,(H,26,29)(H,27,28). The molecule has 0 aliphatic rings. The first-order valence-electron chi connectivity index (χ1n) is 10.3. The van der Waals surface area contributed by atoms with Crippen molar-refractivity contribution in [3.05, 3.63) is 83.3 Å². The number of amides is 2. The molecule has 162 valence electrons. The number of benzene rings is 2. The van der Waals surface area contributed by atoms with Gasteiger partial charge in [0, 0.05) is 0 Å². The number of rotatable bonds is 8. The number of hydrogen-bond donors (Lipinski definition) is 2. The Morgan fingerprint density at radius 1 is 1.03 bits per heavy atom. The lowest BCUT2D eigenvalue weighted by Crippen LogP contribution is -2.32. The fourth-order valence-electron chi connectivity index (χ4n) is 3.16. The van der Waals surface area contributed by atoms with Gasteiger partial charge in [-0.1, -0.05) is 38.1 Å². The quantitative estimate of drug-likeness (QED) is 0.535. The van der Waals surface area contributed by atoms with E-state index in [1.165, 1.54) is 0 Å². The van der Waals surface area contributed by atoms with Crippen LogP contribution in [0.2, 0.25) is 0 Å². The smallest absolute Gasteiger partial charge is 0.265 e. The fraction of sp³-hybridized carbons (Fsp3) is 0.280. The molecule has 1 unspecified atom stereocenters. The molecule has 2 aromatic carbocycles. The van der Waals surface area contributed by atoms with Crippen molar-refractivity contribution in [2.75, 3.05) is 5.32 Å². The molecule has 0 bridgehead atoms. The summed E-state index contributed by atoms with van der Waals surface area (Å²) in [5.74, 6) is 0.978. The van der Waals surface area contributed by atoms with E-state index in [0.717, 1.165) is 11.1 Å². The Balaban J connectivity index is 1.69. The number of aryl methyl sites for hydroxylation is 1. The molecule has 3 rings (SSSR count). The zero-order valence-corrected chi connectivity index (χ0v) is 18.3. The lowest BCUT2D eigenvalue weighted by molar-refractivity contribution is -0.122. The Morgan fingerprint density at radius 2 is 1.81 bits per heavy atom. The molecule has 0 aliphatic heterocycles. The van der Waals surface area contributed by atoms with Gasteiger partial charge < -0.3 is 19.8 Å². The van der Waals surface area contributed by atoms with Crippen LogP contribution >= 0.6 is 0 Å². The van der Waals surface area contributed by atoms with Crippen molar-refractivity contribution in [1.82, 2.24) is 5.32 Å². The van der Waals surface area contributed by atoms with Crippen LogP contribution in [0.5, 0.6) is 5.75 Å². The third kappa shape index (κ3) is 5.75. The van der Waals surface area contributed by atoms with Gasteiger partial charge in [0.05, 0.1) is 24.1 Å². The summed E-state index contributed by atoms with van der Waals surface area (Å²) in [6, 6.07) is 16.4. The lowest BCUT2D eigenvalue weighted by atomic mass is 10.0. The van der Waals surface area contributed by atoms with E-state index in [-0.39, 0.29) is 24.3 Å². The second-order valence-corrected chi connectivity index (χ2v) is 7.75. The summed E-state index contributed by atoms with van der Waals surface area (Å²) in [5, 5.41) is 5.61. The van der Waals surface area contributed by atoms with E-state index in [4.69, 9.17) is 9.15 Å². The molecule has 2 N–H and O–H groups in total. The van der Waals surface area contributed by atoms with Gasteiger partial charge in [0.1, 0.15) is 11.5 Å². The highest BCUT2D eigenvalue weighted by molar-refractivity contribution is 6.04. The minimum atomic E-state index is -0.737. The highest BCUT2D eigenvalue weighted by atomic mass is 16.5. The van der Waals surface area contributed by atoms with Crippen molar-refractivity contribution in [3.63, 3.8) is 0 Å². The molecule has 1 aromatic heterocycles. The van der Waals surface area contributed by atoms with E-state index in [9.17, 15) is 9.59 Å². The van der Waals surface area contributed by atoms with Crippen LogP contribution in [0, 0.1) is 6.92 Å². The summed E-state index contributed by atoms with van der Waals surface area (Å²) in [5.41, 5.74) is 2.90. The Morgan fingerprint density at radius 3 is 2.52 bits per heavy atom. The normalized spacial score (nSPS) is 11.8. The maximum atomic E-state index is 12.8. The average Bonchev–Trinajstić information content (AvgIpc) is 3.26. The first-order valence-corrected chi connectivity index (χ1v) is 10.3. The lowest BCUT2D eigenvalue weighted by Gasteiger charge is -2.20. The molecule has 31 heavy (non-hydrogen) atoms. The molecule has 0 saturated carbocycles. The molecule has 0 saturated heterocycles. The van der Waals surface area contributed by atoms with Gasteiger partial charge in [-0.15, -0.1) is 0 Å². The highest BCUT2D eigenvalue weighted by Crippen LogP contribution is 2.28. The van der Waals surface area contributed by atoms with Crippen LogP contribution in [-0.2, 0) is 11.3 Å². The number of carbonyl (C=O) groups is 2. The van der Waals surface area contributed by atoms with Crippen molar-refractivity contribution in [2.45, 2.75) is 46.3 Å². The van der Waals surface area contributed by atoms with Crippen LogP contribution in [0.3, 0.4) is 0 Å². The topological polar surface area (TPSA) is 80.6 Å². The largest absolute Gasteiger partial charge is 0.481 e. The maximum Gasteiger partial charge on any atom is 0.265 e. The van der Waals surface area contributed by atoms with Crippen molar-refractivity contribution in [2.24, 2.45) is 0 Å². The van der Waals surface area contributed by atoms with Crippen LogP contribution in [0.1, 0.15) is 53.9 Å². The molecule has 2 amide bonds. The number of hydrogen-bond acceptors (Lipinski definition) is 4. The van der Waals surface area contributed by atoms with Crippen LogP contribution < -0.4 is 15.4 Å². The minimum Gasteiger partial charge on any atom is -0.481 e. The minimum absolute atomic E-state index is 0.263. The molecule has 0 spiro atoms. The van der Waals surface area contributed by atoms with Gasteiger partial charge in [0.25, 0.3) is 11.8 Å². The van der Waals surface area contributed by atoms with Gasteiger partial charge in [-0.05, 0) is 61.2 Å². The molecular formula is C25H28N2O4. The Bertz CT molecular complexity index is 1040. The van der Waals surface area contributed by atoms with E-state index in [1.54, 1.807) is 49.6 Å². The number of anilines is 1. The van der Waals surface area contributed by atoms with Gasteiger partial charge >= 0.3 is 0 Å².